The molecule has 1 nitrogen and oxygen atoms in total. The van der Waals surface area contributed by atoms with Crippen molar-refractivity contribution >= 4 is 10.8 Å². The minimum absolute atomic E-state index is 0.489. The minimum Gasteiger partial charge on any atom is -0.313 e. The standard InChI is InChI=1S/C19H25N/c1-14-11-12-18(17-10-6-5-9-16(14)17)19(20-2)13-15-7-3-4-8-15/h5-6,9-12,15,19-20H,3-4,7-8,13H2,1-2H3. The first-order chi connectivity index (χ1) is 9.79. The molecule has 1 aliphatic carbocycles. The molecule has 0 saturated heterocycles. The summed E-state index contributed by atoms with van der Waals surface area (Å²) in [6, 6.07) is 13.9. The Morgan fingerprint density at radius 3 is 2.45 bits per heavy atom. The molecular weight excluding hydrogens is 242 g/mol. The van der Waals surface area contributed by atoms with Gasteiger partial charge in [-0.2, -0.15) is 0 Å². The average Bonchev–Trinajstić information content (AvgIpc) is 2.99. The Balaban J connectivity index is 1.96. The van der Waals surface area contributed by atoms with Crippen LogP contribution in [0, 0.1) is 12.8 Å². The van der Waals surface area contributed by atoms with E-state index in [0.29, 0.717) is 6.04 Å². The van der Waals surface area contributed by atoms with Gasteiger partial charge in [-0.15, -0.1) is 0 Å². The maximum absolute atomic E-state index is 3.56. The van der Waals surface area contributed by atoms with Crippen molar-refractivity contribution in [2.45, 2.75) is 45.1 Å². The van der Waals surface area contributed by atoms with Crippen LogP contribution in [0.15, 0.2) is 36.4 Å². The zero-order chi connectivity index (χ0) is 13.9. The van der Waals surface area contributed by atoms with Crippen LogP contribution < -0.4 is 5.32 Å². The summed E-state index contributed by atoms with van der Waals surface area (Å²) in [5, 5.41) is 6.38. The van der Waals surface area contributed by atoms with Gasteiger partial charge in [0.25, 0.3) is 0 Å². The van der Waals surface area contributed by atoms with Gasteiger partial charge in [0.2, 0.25) is 0 Å². The lowest BCUT2D eigenvalue weighted by Crippen LogP contribution is -2.19. The molecule has 1 heteroatoms. The highest BCUT2D eigenvalue weighted by Gasteiger charge is 2.21. The van der Waals surface area contributed by atoms with Crippen molar-refractivity contribution in [1.82, 2.24) is 5.32 Å². The molecule has 0 spiro atoms. The number of fused-ring (bicyclic) bond motifs is 1. The van der Waals surface area contributed by atoms with Crippen LogP contribution in [0.5, 0.6) is 0 Å². The predicted octanol–water partition coefficient (Wildman–Crippen LogP) is 4.99. The second-order valence-corrected chi connectivity index (χ2v) is 6.24. The fourth-order valence-electron chi connectivity index (χ4n) is 3.76. The van der Waals surface area contributed by atoms with E-state index in [9.17, 15) is 0 Å². The Labute approximate surface area is 122 Å². The fourth-order valence-corrected chi connectivity index (χ4v) is 3.76. The van der Waals surface area contributed by atoms with Gasteiger partial charge in [-0.3, -0.25) is 0 Å². The van der Waals surface area contributed by atoms with Crippen molar-refractivity contribution in [3.8, 4) is 0 Å². The molecule has 1 saturated carbocycles. The molecule has 2 aromatic carbocycles. The van der Waals surface area contributed by atoms with E-state index in [2.05, 4.69) is 55.7 Å². The van der Waals surface area contributed by atoms with Crippen molar-refractivity contribution in [2.24, 2.45) is 5.92 Å². The lowest BCUT2D eigenvalue weighted by atomic mass is 9.89. The first-order valence-corrected chi connectivity index (χ1v) is 7.95. The Bertz CT molecular complexity index is 581. The zero-order valence-electron chi connectivity index (χ0n) is 12.7. The summed E-state index contributed by atoms with van der Waals surface area (Å²) in [4.78, 5) is 0. The number of nitrogens with one attached hydrogen (secondary N) is 1. The topological polar surface area (TPSA) is 12.0 Å². The summed E-state index contributed by atoms with van der Waals surface area (Å²) in [6.45, 7) is 2.21. The van der Waals surface area contributed by atoms with Crippen LogP contribution in [-0.4, -0.2) is 7.05 Å². The molecule has 1 unspecified atom stereocenters. The predicted molar refractivity (Wildman–Crippen MR) is 87.1 cm³/mol. The number of rotatable bonds is 4. The molecule has 0 heterocycles. The maximum Gasteiger partial charge on any atom is 0.0326 e. The normalized spacial score (nSPS) is 17.7. The lowest BCUT2D eigenvalue weighted by Gasteiger charge is -2.22. The lowest BCUT2D eigenvalue weighted by molar-refractivity contribution is 0.415. The number of hydrogen-bond acceptors (Lipinski definition) is 1. The Hall–Kier alpha value is -1.34. The molecular formula is C19H25N. The van der Waals surface area contributed by atoms with Crippen molar-refractivity contribution in [2.75, 3.05) is 7.05 Å². The van der Waals surface area contributed by atoms with E-state index in [1.165, 1.54) is 54.0 Å². The highest BCUT2D eigenvalue weighted by atomic mass is 14.9. The van der Waals surface area contributed by atoms with E-state index in [-0.39, 0.29) is 0 Å². The average molecular weight is 267 g/mol. The number of aryl methyl sites for hydroxylation is 1. The van der Waals surface area contributed by atoms with E-state index >= 15 is 0 Å². The van der Waals surface area contributed by atoms with Gasteiger partial charge < -0.3 is 5.32 Å². The molecule has 20 heavy (non-hydrogen) atoms. The van der Waals surface area contributed by atoms with Gasteiger partial charge in [0.05, 0.1) is 0 Å². The van der Waals surface area contributed by atoms with E-state index < -0.39 is 0 Å². The van der Waals surface area contributed by atoms with E-state index in [4.69, 9.17) is 0 Å². The monoisotopic (exact) mass is 267 g/mol. The largest absolute Gasteiger partial charge is 0.313 e. The number of hydrogen-bond donors (Lipinski definition) is 1. The Morgan fingerprint density at radius 1 is 1.05 bits per heavy atom. The molecule has 3 rings (SSSR count). The van der Waals surface area contributed by atoms with Crippen molar-refractivity contribution in [3.05, 3.63) is 47.5 Å². The van der Waals surface area contributed by atoms with Crippen LogP contribution in [0.1, 0.15) is 49.3 Å². The van der Waals surface area contributed by atoms with Crippen LogP contribution >= 0.6 is 0 Å². The molecule has 0 bridgehead atoms. The first kappa shape index (κ1) is 13.6. The quantitative estimate of drug-likeness (QED) is 0.823. The molecule has 0 amide bonds. The zero-order valence-corrected chi connectivity index (χ0v) is 12.7. The highest BCUT2D eigenvalue weighted by molar-refractivity contribution is 5.88. The van der Waals surface area contributed by atoms with Crippen molar-refractivity contribution in [1.29, 1.82) is 0 Å². The Morgan fingerprint density at radius 2 is 1.75 bits per heavy atom. The van der Waals surface area contributed by atoms with E-state index in [0.717, 1.165) is 5.92 Å². The van der Waals surface area contributed by atoms with Crippen LogP contribution in [0.2, 0.25) is 0 Å². The Kier molecular flexibility index (Phi) is 4.07. The summed E-state index contributed by atoms with van der Waals surface area (Å²) in [5.41, 5.74) is 2.85. The molecule has 1 fully saturated rings. The van der Waals surface area contributed by atoms with Crippen molar-refractivity contribution in [3.63, 3.8) is 0 Å². The van der Waals surface area contributed by atoms with Gasteiger partial charge >= 0.3 is 0 Å². The summed E-state index contributed by atoms with van der Waals surface area (Å²) in [6.07, 6.45) is 6.97. The smallest absolute Gasteiger partial charge is 0.0326 e. The molecule has 1 N–H and O–H groups in total. The summed E-state index contributed by atoms with van der Waals surface area (Å²) >= 11 is 0. The summed E-state index contributed by atoms with van der Waals surface area (Å²) in [7, 11) is 2.11. The number of benzene rings is 2. The minimum atomic E-state index is 0.489. The summed E-state index contributed by atoms with van der Waals surface area (Å²) < 4.78 is 0. The van der Waals surface area contributed by atoms with Gasteiger partial charge in [0, 0.05) is 6.04 Å². The van der Waals surface area contributed by atoms with Crippen LogP contribution in [0.25, 0.3) is 10.8 Å². The molecule has 1 atom stereocenters. The van der Waals surface area contributed by atoms with Gasteiger partial charge in [-0.05, 0) is 48.2 Å². The van der Waals surface area contributed by atoms with Gasteiger partial charge in [0.1, 0.15) is 0 Å². The van der Waals surface area contributed by atoms with Crippen LogP contribution in [0.4, 0.5) is 0 Å². The fraction of sp³-hybridized carbons (Fsp3) is 0.474. The van der Waals surface area contributed by atoms with E-state index in [1.807, 2.05) is 0 Å². The second-order valence-electron chi connectivity index (χ2n) is 6.24. The van der Waals surface area contributed by atoms with Gasteiger partial charge in [-0.25, -0.2) is 0 Å². The summed E-state index contributed by atoms with van der Waals surface area (Å²) in [5.74, 6) is 0.910. The molecule has 0 aliphatic heterocycles. The molecule has 106 valence electrons. The van der Waals surface area contributed by atoms with Gasteiger partial charge in [0.15, 0.2) is 0 Å². The third-order valence-electron chi connectivity index (χ3n) is 4.94. The van der Waals surface area contributed by atoms with E-state index in [1.54, 1.807) is 0 Å². The third-order valence-corrected chi connectivity index (χ3v) is 4.94. The highest BCUT2D eigenvalue weighted by Crippen LogP contribution is 2.35. The first-order valence-electron chi connectivity index (χ1n) is 7.95. The maximum atomic E-state index is 3.56. The van der Waals surface area contributed by atoms with Gasteiger partial charge in [-0.1, -0.05) is 62.1 Å². The third kappa shape index (κ3) is 2.60. The van der Waals surface area contributed by atoms with Crippen LogP contribution in [-0.2, 0) is 0 Å². The molecule has 1 aliphatic rings. The SMILES string of the molecule is CNC(CC1CCCC1)c1ccc(C)c2ccccc12. The van der Waals surface area contributed by atoms with Crippen molar-refractivity contribution < 1.29 is 0 Å². The molecule has 0 radical (unpaired) electrons. The van der Waals surface area contributed by atoms with Crippen LogP contribution in [0.3, 0.4) is 0 Å². The molecule has 2 aromatic rings. The molecule has 0 aromatic heterocycles. The second kappa shape index (κ2) is 5.97.